The molecule has 0 aliphatic carbocycles. The second-order valence-corrected chi connectivity index (χ2v) is 8.62. The first-order valence-corrected chi connectivity index (χ1v) is 11.4. The lowest BCUT2D eigenvalue weighted by Gasteiger charge is -2.36. The molecule has 1 aliphatic rings. The predicted octanol–water partition coefficient (Wildman–Crippen LogP) is 2.25. The summed E-state index contributed by atoms with van der Waals surface area (Å²) in [5, 5.41) is 23.3. The zero-order valence-corrected chi connectivity index (χ0v) is 18.7. The van der Waals surface area contributed by atoms with Crippen molar-refractivity contribution in [3.63, 3.8) is 0 Å². The zero-order chi connectivity index (χ0) is 21.6. The van der Waals surface area contributed by atoms with Crippen LogP contribution in [0.2, 0.25) is 0 Å². The average Bonchev–Trinajstić information content (AvgIpc) is 3.27. The van der Waals surface area contributed by atoms with Crippen molar-refractivity contribution in [1.82, 2.24) is 25.1 Å². The van der Waals surface area contributed by atoms with Gasteiger partial charge < -0.3 is 14.7 Å². The van der Waals surface area contributed by atoms with E-state index >= 15 is 0 Å². The molecule has 0 spiro atoms. The highest BCUT2D eigenvalue weighted by molar-refractivity contribution is 7.99. The topological polar surface area (TPSA) is 79.5 Å². The largest absolute Gasteiger partial charge is 0.494 e. The second kappa shape index (κ2) is 10.1. The second-order valence-electron chi connectivity index (χ2n) is 7.64. The van der Waals surface area contributed by atoms with E-state index in [1.165, 1.54) is 17.4 Å². The minimum absolute atomic E-state index is 0.460. The molecule has 3 aromatic rings. The normalized spacial score (nSPS) is 15.8. The smallest absolute Gasteiger partial charge is 0.214 e. The van der Waals surface area contributed by atoms with Gasteiger partial charge >= 0.3 is 0 Å². The number of piperazine rings is 1. The molecule has 2 aromatic carbocycles. The van der Waals surface area contributed by atoms with Crippen LogP contribution in [0.4, 0.5) is 5.69 Å². The molecule has 164 valence electrons. The maximum absolute atomic E-state index is 10.6. The summed E-state index contributed by atoms with van der Waals surface area (Å²) in [4.78, 5) is 4.71. The summed E-state index contributed by atoms with van der Waals surface area (Å²) in [6.07, 6.45) is -0.460. The zero-order valence-electron chi connectivity index (χ0n) is 17.9. The standard InChI is InChI=1S/C22H28N6O2S/c1-17-8-9-21(30-2)20(14-17)28-22(23-24-25-28)31-16-19(29)15-26-10-12-27(13-11-26)18-6-4-3-5-7-18/h3-9,14,19,29H,10-13,15-16H2,1-2H3/t19-/m1/s1. The van der Waals surface area contributed by atoms with E-state index in [9.17, 15) is 5.11 Å². The molecule has 0 unspecified atom stereocenters. The minimum atomic E-state index is -0.460. The van der Waals surface area contributed by atoms with Gasteiger partial charge in [-0.25, -0.2) is 0 Å². The predicted molar refractivity (Wildman–Crippen MR) is 122 cm³/mol. The molecule has 0 saturated carbocycles. The Morgan fingerprint density at radius 1 is 1.10 bits per heavy atom. The molecule has 0 bridgehead atoms. The number of benzene rings is 2. The Morgan fingerprint density at radius 3 is 2.61 bits per heavy atom. The summed E-state index contributed by atoms with van der Waals surface area (Å²) in [5.41, 5.74) is 3.15. The summed E-state index contributed by atoms with van der Waals surface area (Å²) in [6, 6.07) is 16.4. The van der Waals surface area contributed by atoms with Gasteiger partial charge in [-0.3, -0.25) is 4.90 Å². The highest BCUT2D eigenvalue weighted by Crippen LogP contribution is 2.27. The van der Waals surface area contributed by atoms with Crippen molar-refractivity contribution >= 4 is 17.4 Å². The van der Waals surface area contributed by atoms with E-state index in [-0.39, 0.29) is 0 Å². The molecule has 1 atom stereocenters. The van der Waals surface area contributed by atoms with E-state index in [0.717, 1.165) is 37.4 Å². The number of aliphatic hydroxyl groups excluding tert-OH is 1. The van der Waals surface area contributed by atoms with E-state index in [1.54, 1.807) is 11.8 Å². The fraction of sp³-hybridized carbons (Fsp3) is 0.409. The van der Waals surface area contributed by atoms with E-state index in [4.69, 9.17) is 4.74 Å². The van der Waals surface area contributed by atoms with Crippen LogP contribution < -0.4 is 9.64 Å². The molecule has 1 aromatic heterocycles. The molecule has 9 heteroatoms. The first-order valence-electron chi connectivity index (χ1n) is 10.4. The Morgan fingerprint density at radius 2 is 1.87 bits per heavy atom. The van der Waals surface area contributed by atoms with Crippen molar-refractivity contribution in [3.8, 4) is 11.4 Å². The van der Waals surface area contributed by atoms with Crippen LogP contribution in [0.15, 0.2) is 53.7 Å². The minimum Gasteiger partial charge on any atom is -0.494 e. The van der Waals surface area contributed by atoms with E-state index in [0.29, 0.717) is 23.2 Å². The van der Waals surface area contributed by atoms with Gasteiger partial charge in [0.25, 0.3) is 0 Å². The fourth-order valence-electron chi connectivity index (χ4n) is 3.73. The molecule has 0 radical (unpaired) electrons. The van der Waals surface area contributed by atoms with Crippen LogP contribution in [0.1, 0.15) is 5.56 Å². The van der Waals surface area contributed by atoms with Crippen molar-refractivity contribution < 1.29 is 9.84 Å². The van der Waals surface area contributed by atoms with Crippen LogP contribution in [-0.4, -0.2) is 81.9 Å². The number of hydrogen-bond acceptors (Lipinski definition) is 8. The molecule has 31 heavy (non-hydrogen) atoms. The van der Waals surface area contributed by atoms with Gasteiger partial charge in [0.2, 0.25) is 5.16 Å². The van der Waals surface area contributed by atoms with Gasteiger partial charge in [0.15, 0.2) is 0 Å². The number of para-hydroxylation sites is 1. The van der Waals surface area contributed by atoms with Crippen LogP contribution in [0.25, 0.3) is 5.69 Å². The van der Waals surface area contributed by atoms with Gasteiger partial charge in [-0.1, -0.05) is 36.0 Å². The van der Waals surface area contributed by atoms with Crippen molar-refractivity contribution in [2.24, 2.45) is 0 Å². The number of aryl methyl sites for hydroxylation is 1. The number of thioether (sulfide) groups is 1. The molecule has 2 heterocycles. The van der Waals surface area contributed by atoms with Crippen LogP contribution in [0.3, 0.4) is 0 Å². The third-order valence-corrected chi connectivity index (χ3v) is 6.44. The number of aliphatic hydroxyl groups is 1. The molecule has 0 amide bonds. The molecule has 1 fully saturated rings. The summed E-state index contributed by atoms with van der Waals surface area (Å²) < 4.78 is 7.13. The Kier molecular flexibility index (Phi) is 7.06. The highest BCUT2D eigenvalue weighted by atomic mass is 32.2. The van der Waals surface area contributed by atoms with Gasteiger partial charge in [-0.2, -0.15) is 4.68 Å². The molecule has 1 N–H and O–H groups in total. The van der Waals surface area contributed by atoms with Crippen molar-refractivity contribution in [2.45, 2.75) is 18.2 Å². The number of ether oxygens (including phenoxy) is 1. The first kappa shape index (κ1) is 21.6. The number of β-amino-alcohol motifs (C(OH)–C–C–N with tert-alkyl or cyclic N) is 1. The third kappa shape index (κ3) is 5.36. The van der Waals surface area contributed by atoms with Crippen molar-refractivity contribution in [1.29, 1.82) is 0 Å². The van der Waals surface area contributed by atoms with Crippen LogP contribution >= 0.6 is 11.8 Å². The number of rotatable bonds is 8. The van der Waals surface area contributed by atoms with Crippen LogP contribution in [0, 0.1) is 6.92 Å². The van der Waals surface area contributed by atoms with Gasteiger partial charge in [0, 0.05) is 44.2 Å². The first-order chi connectivity index (χ1) is 15.1. The number of methoxy groups -OCH3 is 1. The van der Waals surface area contributed by atoms with Crippen molar-refractivity contribution in [2.75, 3.05) is 50.5 Å². The Bertz CT molecular complexity index is 975. The van der Waals surface area contributed by atoms with Gasteiger partial charge in [0.1, 0.15) is 11.4 Å². The Balaban J connectivity index is 1.30. The maximum atomic E-state index is 10.6. The number of anilines is 1. The molecular weight excluding hydrogens is 412 g/mol. The molecule has 4 rings (SSSR count). The van der Waals surface area contributed by atoms with Crippen LogP contribution in [-0.2, 0) is 0 Å². The number of hydrogen-bond donors (Lipinski definition) is 1. The average molecular weight is 441 g/mol. The van der Waals surface area contributed by atoms with Gasteiger partial charge in [0.05, 0.1) is 13.2 Å². The molecular formula is C22H28N6O2S. The summed E-state index contributed by atoms with van der Waals surface area (Å²) in [7, 11) is 1.63. The maximum Gasteiger partial charge on any atom is 0.214 e. The molecule has 8 nitrogen and oxygen atoms in total. The van der Waals surface area contributed by atoms with E-state index in [1.807, 2.05) is 31.2 Å². The van der Waals surface area contributed by atoms with Gasteiger partial charge in [-0.05, 0) is 47.2 Å². The summed E-state index contributed by atoms with van der Waals surface area (Å²) >= 11 is 1.45. The van der Waals surface area contributed by atoms with Gasteiger partial charge in [-0.15, -0.1) is 5.10 Å². The molecule has 1 aliphatic heterocycles. The molecule has 1 saturated heterocycles. The lowest BCUT2D eigenvalue weighted by atomic mass is 10.2. The lowest BCUT2D eigenvalue weighted by Crippen LogP contribution is -2.48. The number of nitrogens with zero attached hydrogens (tertiary/aromatic N) is 6. The quantitative estimate of drug-likeness (QED) is 0.535. The summed E-state index contributed by atoms with van der Waals surface area (Å²) in [6.45, 7) is 6.47. The third-order valence-electron chi connectivity index (χ3n) is 5.37. The van der Waals surface area contributed by atoms with E-state index in [2.05, 4.69) is 49.6 Å². The highest BCUT2D eigenvalue weighted by Gasteiger charge is 2.21. The Labute approximate surface area is 186 Å². The Hall–Kier alpha value is -2.62. The van der Waals surface area contributed by atoms with Crippen molar-refractivity contribution in [3.05, 3.63) is 54.1 Å². The number of aromatic nitrogens is 4. The number of tetrazole rings is 1. The van der Waals surface area contributed by atoms with E-state index < -0.39 is 6.10 Å². The summed E-state index contributed by atoms with van der Waals surface area (Å²) in [5.74, 6) is 1.23. The van der Waals surface area contributed by atoms with Crippen LogP contribution in [0.5, 0.6) is 5.75 Å². The SMILES string of the molecule is COc1ccc(C)cc1-n1nnnc1SC[C@H](O)CN1CCN(c2ccccc2)CC1. The fourth-order valence-corrected chi connectivity index (χ4v) is 4.53. The lowest BCUT2D eigenvalue weighted by molar-refractivity contribution is 0.126. The monoisotopic (exact) mass is 440 g/mol.